The molecule has 0 spiro atoms. The number of ether oxygens (including phenoxy) is 1. The summed E-state index contributed by atoms with van der Waals surface area (Å²) in [5.41, 5.74) is 3.89. The first-order chi connectivity index (χ1) is 15.6. The van der Waals surface area contributed by atoms with Crippen molar-refractivity contribution >= 4 is 23.0 Å². The van der Waals surface area contributed by atoms with Crippen LogP contribution in [0.2, 0.25) is 0 Å². The first-order valence-electron chi connectivity index (χ1n) is 10.3. The molecular weight excluding hydrogens is 406 g/mol. The minimum absolute atomic E-state index is 0.0911. The number of carboxylic acid groups (broad SMARTS) is 1. The summed E-state index contributed by atoms with van der Waals surface area (Å²) in [7, 11) is 0. The number of nitrogens with one attached hydrogen (secondary N) is 1. The largest absolute Gasteiger partial charge is 0.480 e. The Morgan fingerprint density at radius 2 is 1.56 bits per heavy atom. The van der Waals surface area contributed by atoms with Gasteiger partial charge in [-0.25, -0.2) is 9.59 Å². The summed E-state index contributed by atoms with van der Waals surface area (Å²) in [6.07, 6.45) is 0.174. The number of fused-ring (bicyclic) bond motifs is 1. The molecule has 6 nitrogen and oxygen atoms in total. The molecule has 162 valence electrons. The van der Waals surface area contributed by atoms with E-state index in [1.165, 1.54) is 5.56 Å². The maximum absolute atomic E-state index is 12.2. The van der Waals surface area contributed by atoms with E-state index in [0.717, 1.165) is 22.9 Å². The number of hydrogen-bond donors (Lipinski definition) is 2. The average molecular weight is 429 g/mol. The molecule has 1 heterocycles. The van der Waals surface area contributed by atoms with Crippen LogP contribution < -0.4 is 5.32 Å². The Labute approximate surface area is 185 Å². The first kappa shape index (κ1) is 21.2. The third-order valence-electron chi connectivity index (χ3n) is 5.10. The minimum Gasteiger partial charge on any atom is -0.480 e. The number of carbonyl (C=O) groups excluding carboxylic acids is 1. The molecule has 1 atom stereocenters. The highest BCUT2D eigenvalue weighted by Crippen LogP contribution is 2.23. The van der Waals surface area contributed by atoms with Crippen LogP contribution in [-0.2, 0) is 29.0 Å². The van der Waals surface area contributed by atoms with E-state index in [9.17, 15) is 14.7 Å². The number of furan rings is 1. The van der Waals surface area contributed by atoms with Crippen LogP contribution in [0, 0.1) is 0 Å². The lowest BCUT2D eigenvalue weighted by atomic mass is 10.0. The highest BCUT2D eigenvalue weighted by atomic mass is 16.6. The van der Waals surface area contributed by atoms with Gasteiger partial charge in [0.25, 0.3) is 0 Å². The van der Waals surface area contributed by atoms with Crippen LogP contribution in [-0.4, -0.2) is 23.2 Å². The van der Waals surface area contributed by atoms with Crippen molar-refractivity contribution in [1.82, 2.24) is 5.32 Å². The lowest BCUT2D eigenvalue weighted by molar-refractivity contribution is -0.139. The molecular formula is C26H23NO5. The smallest absolute Gasteiger partial charge is 0.408 e. The SMILES string of the molecule is O=C(N[C@H](Cc1ccccc1)C(=O)O)OCc1cc2cc(Cc3ccccc3)ccc2o1. The second kappa shape index (κ2) is 9.83. The predicted molar refractivity (Wildman–Crippen MR) is 120 cm³/mol. The molecule has 0 aliphatic heterocycles. The summed E-state index contributed by atoms with van der Waals surface area (Å²) in [4.78, 5) is 23.7. The molecule has 0 saturated heterocycles. The van der Waals surface area contributed by atoms with E-state index in [-0.39, 0.29) is 13.0 Å². The van der Waals surface area contributed by atoms with Crippen molar-refractivity contribution in [3.63, 3.8) is 0 Å². The Morgan fingerprint density at radius 3 is 2.25 bits per heavy atom. The van der Waals surface area contributed by atoms with Gasteiger partial charge in [-0.05, 0) is 41.3 Å². The molecule has 0 aliphatic carbocycles. The van der Waals surface area contributed by atoms with E-state index in [1.807, 2.05) is 66.7 Å². The minimum atomic E-state index is -1.12. The summed E-state index contributed by atoms with van der Waals surface area (Å²) < 4.78 is 10.9. The van der Waals surface area contributed by atoms with Crippen LogP contribution in [0.3, 0.4) is 0 Å². The molecule has 0 fully saturated rings. The fraction of sp³-hybridized carbons (Fsp3) is 0.154. The molecule has 32 heavy (non-hydrogen) atoms. The zero-order chi connectivity index (χ0) is 22.3. The van der Waals surface area contributed by atoms with Crippen molar-refractivity contribution in [2.75, 3.05) is 0 Å². The molecule has 0 radical (unpaired) electrons. The van der Waals surface area contributed by atoms with E-state index >= 15 is 0 Å². The maximum Gasteiger partial charge on any atom is 0.408 e. The fourth-order valence-electron chi connectivity index (χ4n) is 3.53. The van der Waals surface area contributed by atoms with Gasteiger partial charge in [0, 0.05) is 11.8 Å². The lowest BCUT2D eigenvalue weighted by Crippen LogP contribution is -2.42. The van der Waals surface area contributed by atoms with E-state index in [0.29, 0.717) is 11.3 Å². The Balaban J connectivity index is 1.35. The van der Waals surface area contributed by atoms with Crippen molar-refractivity contribution in [2.24, 2.45) is 0 Å². The van der Waals surface area contributed by atoms with Gasteiger partial charge in [0.15, 0.2) is 6.61 Å². The monoisotopic (exact) mass is 429 g/mol. The van der Waals surface area contributed by atoms with Crippen molar-refractivity contribution in [2.45, 2.75) is 25.5 Å². The molecule has 0 bridgehead atoms. The van der Waals surface area contributed by atoms with Crippen LogP contribution >= 0.6 is 0 Å². The first-order valence-corrected chi connectivity index (χ1v) is 10.3. The van der Waals surface area contributed by atoms with Gasteiger partial charge in [0.05, 0.1) is 0 Å². The van der Waals surface area contributed by atoms with Crippen LogP contribution in [0.15, 0.2) is 89.3 Å². The fourth-order valence-corrected chi connectivity index (χ4v) is 3.53. The number of benzene rings is 3. The standard InChI is InChI=1S/C26H23NO5/c28-25(29)23(15-19-9-5-2-6-10-19)27-26(30)31-17-22-16-21-14-20(11-12-24(21)32-22)13-18-7-3-1-4-8-18/h1-12,14,16,23H,13,15,17H2,(H,27,30)(H,28,29)/t23-/m1/s1. The van der Waals surface area contributed by atoms with Crippen molar-refractivity contribution in [3.8, 4) is 0 Å². The molecule has 4 aromatic rings. The summed E-state index contributed by atoms with van der Waals surface area (Å²) in [5.74, 6) is -0.637. The number of aliphatic carboxylic acids is 1. The third kappa shape index (κ3) is 5.55. The number of amides is 1. The van der Waals surface area contributed by atoms with Crippen LogP contribution in [0.1, 0.15) is 22.5 Å². The van der Waals surface area contributed by atoms with Gasteiger partial charge in [-0.1, -0.05) is 66.7 Å². The third-order valence-corrected chi connectivity index (χ3v) is 5.10. The van der Waals surface area contributed by atoms with Gasteiger partial charge in [0.1, 0.15) is 17.4 Å². The highest BCUT2D eigenvalue weighted by Gasteiger charge is 2.21. The van der Waals surface area contributed by atoms with Crippen LogP contribution in [0.4, 0.5) is 4.79 Å². The predicted octanol–water partition coefficient (Wildman–Crippen LogP) is 4.95. The number of rotatable bonds is 8. The Bertz CT molecular complexity index is 1200. The van der Waals surface area contributed by atoms with Crippen molar-refractivity contribution in [3.05, 3.63) is 107 Å². The molecule has 1 amide bonds. The van der Waals surface area contributed by atoms with Crippen molar-refractivity contribution < 1.29 is 23.8 Å². The quantitative estimate of drug-likeness (QED) is 0.414. The van der Waals surface area contributed by atoms with Gasteiger partial charge < -0.3 is 19.6 Å². The Hall–Kier alpha value is -4.06. The number of alkyl carbamates (subject to hydrolysis) is 1. The summed E-state index contributed by atoms with van der Waals surface area (Å²) in [5, 5.41) is 12.7. The van der Waals surface area contributed by atoms with Gasteiger partial charge in [-0.15, -0.1) is 0 Å². The molecule has 4 rings (SSSR count). The van der Waals surface area contributed by atoms with E-state index in [1.54, 1.807) is 0 Å². The van der Waals surface area contributed by atoms with E-state index in [4.69, 9.17) is 9.15 Å². The Kier molecular flexibility index (Phi) is 6.51. The number of hydrogen-bond acceptors (Lipinski definition) is 4. The molecule has 2 N–H and O–H groups in total. The molecule has 0 unspecified atom stereocenters. The topological polar surface area (TPSA) is 88.8 Å². The van der Waals surface area contributed by atoms with Crippen LogP contribution in [0.25, 0.3) is 11.0 Å². The van der Waals surface area contributed by atoms with Crippen LogP contribution in [0.5, 0.6) is 0 Å². The second-order valence-corrected chi connectivity index (χ2v) is 7.55. The second-order valence-electron chi connectivity index (χ2n) is 7.55. The zero-order valence-electron chi connectivity index (χ0n) is 17.4. The maximum atomic E-state index is 12.2. The number of carboxylic acids is 1. The van der Waals surface area contributed by atoms with Gasteiger partial charge in [-0.3, -0.25) is 0 Å². The molecule has 0 saturated carbocycles. The summed E-state index contributed by atoms with van der Waals surface area (Å²) in [6.45, 7) is -0.0911. The highest BCUT2D eigenvalue weighted by molar-refractivity contribution is 5.80. The average Bonchev–Trinajstić information content (AvgIpc) is 3.21. The number of carbonyl (C=O) groups is 2. The lowest BCUT2D eigenvalue weighted by Gasteiger charge is -2.14. The molecule has 0 aliphatic rings. The van der Waals surface area contributed by atoms with E-state index < -0.39 is 18.1 Å². The molecule has 1 aromatic heterocycles. The van der Waals surface area contributed by atoms with E-state index in [2.05, 4.69) is 23.5 Å². The van der Waals surface area contributed by atoms with Crippen molar-refractivity contribution in [1.29, 1.82) is 0 Å². The molecule has 3 aromatic carbocycles. The normalized spacial score (nSPS) is 11.8. The summed E-state index contributed by atoms with van der Waals surface area (Å²) in [6, 6.07) is 26.0. The van der Waals surface area contributed by atoms with Gasteiger partial charge >= 0.3 is 12.1 Å². The molecule has 6 heteroatoms. The summed E-state index contributed by atoms with van der Waals surface area (Å²) >= 11 is 0. The van der Waals surface area contributed by atoms with Gasteiger partial charge in [0.2, 0.25) is 0 Å². The zero-order valence-corrected chi connectivity index (χ0v) is 17.4. The Morgan fingerprint density at radius 1 is 0.875 bits per heavy atom. The van der Waals surface area contributed by atoms with Gasteiger partial charge in [-0.2, -0.15) is 0 Å².